The van der Waals surface area contributed by atoms with Crippen molar-refractivity contribution in [1.29, 1.82) is 0 Å². The van der Waals surface area contributed by atoms with Gasteiger partial charge in [0.2, 0.25) is 5.91 Å². The third kappa shape index (κ3) is 4.54. The maximum Gasteiger partial charge on any atom is 0.251 e. The Bertz CT molecular complexity index is 421. The summed E-state index contributed by atoms with van der Waals surface area (Å²) in [5, 5.41) is 7.93. The molecule has 6 heteroatoms. The summed E-state index contributed by atoms with van der Waals surface area (Å²) < 4.78 is 0. The number of primary amides is 1. The lowest BCUT2D eigenvalue weighted by molar-refractivity contribution is -0.115. The zero-order valence-corrected chi connectivity index (χ0v) is 11.0. The normalized spacial score (nSPS) is 11.2. The van der Waals surface area contributed by atoms with Gasteiger partial charge in [-0.2, -0.15) is 0 Å². The fourth-order valence-electron chi connectivity index (χ4n) is 1.12. The fraction of sp³-hybridized carbons (Fsp3) is 0.455. The molecule has 0 unspecified atom stereocenters. The van der Waals surface area contributed by atoms with E-state index < -0.39 is 5.91 Å². The van der Waals surface area contributed by atoms with E-state index in [4.69, 9.17) is 5.73 Å². The van der Waals surface area contributed by atoms with Gasteiger partial charge in [0.05, 0.1) is 12.1 Å². The van der Waals surface area contributed by atoms with Crippen molar-refractivity contribution in [1.82, 2.24) is 5.32 Å². The molecule has 4 N–H and O–H groups in total. The largest absolute Gasteiger partial charge is 0.366 e. The zero-order chi connectivity index (χ0) is 13.1. The summed E-state index contributed by atoms with van der Waals surface area (Å²) in [7, 11) is 0. The molecule has 0 saturated heterocycles. The zero-order valence-electron chi connectivity index (χ0n) is 10.2. The van der Waals surface area contributed by atoms with Gasteiger partial charge in [0.15, 0.2) is 0 Å². The van der Waals surface area contributed by atoms with Crippen LogP contribution in [0.4, 0.5) is 5.00 Å². The van der Waals surface area contributed by atoms with Crippen LogP contribution < -0.4 is 16.4 Å². The molecule has 0 bridgehead atoms. The van der Waals surface area contributed by atoms with Gasteiger partial charge in [-0.3, -0.25) is 9.59 Å². The second kappa shape index (κ2) is 5.29. The molecule has 1 rings (SSSR count). The molecule has 0 saturated carbocycles. The first-order valence-electron chi connectivity index (χ1n) is 5.22. The van der Waals surface area contributed by atoms with E-state index in [1.807, 2.05) is 20.8 Å². The minimum Gasteiger partial charge on any atom is -0.366 e. The molecule has 1 aromatic heterocycles. The van der Waals surface area contributed by atoms with Crippen LogP contribution >= 0.6 is 11.3 Å². The number of rotatable bonds is 4. The van der Waals surface area contributed by atoms with Gasteiger partial charge in [-0.05, 0) is 32.2 Å². The lowest BCUT2D eigenvalue weighted by Gasteiger charge is -2.19. The predicted octanol–water partition coefficient (Wildman–Crippen LogP) is 1.17. The van der Waals surface area contributed by atoms with Crippen LogP contribution in [0, 0.1) is 0 Å². The minimum absolute atomic E-state index is 0.126. The van der Waals surface area contributed by atoms with E-state index in [1.165, 1.54) is 11.3 Å². The highest BCUT2D eigenvalue weighted by atomic mass is 32.1. The third-order valence-corrected chi connectivity index (χ3v) is 2.79. The van der Waals surface area contributed by atoms with Crippen molar-refractivity contribution in [2.45, 2.75) is 26.3 Å². The molecule has 94 valence electrons. The standard InChI is InChI=1S/C11H17N3O2S/c1-11(2,3)13-6-8(15)14-10-7(9(12)16)4-5-17-10/h4-5,13H,6H2,1-3H3,(H2,12,16)(H,14,15). The summed E-state index contributed by atoms with van der Waals surface area (Å²) >= 11 is 1.28. The Morgan fingerprint density at radius 3 is 2.59 bits per heavy atom. The molecule has 1 heterocycles. The van der Waals surface area contributed by atoms with Crippen molar-refractivity contribution in [2.75, 3.05) is 11.9 Å². The van der Waals surface area contributed by atoms with Crippen molar-refractivity contribution in [2.24, 2.45) is 5.73 Å². The SMILES string of the molecule is CC(C)(C)NCC(=O)Nc1sccc1C(N)=O. The van der Waals surface area contributed by atoms with E-state index in [0.29, 0.717) is 10.6 Å². The average molecular weight is 255 g/mol. The highest BCUT2D eigenvalue weighted by molar-refractivity contribution is 7.14. The molecule has 0 atom stereocenters. The molecule has 0 aromatic carbocycles. The summed E-state index contributed by atoms with van der Waals surface area (Å²) in [6.07, 6.45) is 0. The average Bonchev–Trinajstić information content (AvgIpc) is 2.62. The lowest BCUT2D eigenvalue weighted by atomic mass is 10.1. The van der Waals surface area contributed by atoms with Gasteiger partial charge in [0, 0.05) is 5.54 Å². The molecule has 0 aliphatic carbocycles. The molecule has 0 fully saturated rings. The number of nitrogens with one attached hydrogen (secondary N) is 2. The quantitative estimate of drug-likeness (QED) is 0.755. The van der Waals surface area contributed by atoms with Crippen LogP contribution in [0.5, 0.6) is 0 Å². The number of hydrogen-bond donors (Lipinski definition) is 3. The van der Waals surface area contributed by atoms with Crippen molar-refractivity contribution in [3.05, 3.63) is 17.0 Å². The first kappa shape index (κ1) is 13.7. The monoisotopic (exact) mass is 255 g/mol. The molecule has 1 aromatic rings. The third-order valence-electron chi connectivity index (χ3n) is 1.96. The molecule has 2 amide bonds. The number of thiophene rings is 1. The van der Waals surface area contributed by atoms with Gasteiger partial charge in [0.25, 0.3) is 5.91 Å². The number of amides is 2. The maximum absolute atomic E-state index is 11.6. The molecular formula is C11H17N3O2S. The van der Waals surface area contributed by atoms with Crippen LogP contribution in [-0.4, -0.2) is 23.9 Å². The Kier molecular flexibility index (Phi) is 4.25. The number of anilines is 1. The minimum atomic E-state index is -0.537. The Morgan fingerprint density at radius 2 is 2.06 bits per heavy atom. The Balaban J connectivity index is 2.57. The van der Waals surface area contributed by atoms with E-state index in [-0.39, 0.29) is 18.0 Å². The first-order valence-corrected chi connectivity index (χ1v) is 6.10. The van der Waals surface area contributed by atoms with Gasteiger partial charge >= 0.3 is 0 Å². The van der Waals surface area contributed by atoms with Crippen molar-refractivity contribution in [3.63, 3.8) is 0 Å². The molecule has 0 aliphatic rings. The molecule has 5 nitrogen and oxygen atoms in total. The smallest absolute Gasteiger partial charge is 0.251 e. The number of carbonyl (C=O) groups is 2. The molecule has 0 radical (unpaired) electrons. The van der Waals surface area contributed by atoms with E-state index >= 15 is 0 Å². The van der Waals surface area contributed by atoms with Gasteiger partial charge in [-0.25, -0.2) is 0 Å². The van der Waals surface area contributed by atoms with Gasteiger partial charge < -0.3 is 16.4 Å². The lowest BCUT2D eigenvalue weighted by Crippen LogP contribution is -2.41. The highest BCUT2D eigenvalue weighted by Gasteiger charge is 2.14. The molecular weight excluding hydrogens is 238 g/mol. The summed E-state index contributed by atoms with van der Waals surface area (Å²) in [6.45, 7) is 6.11. The van der Waals surface area contributed by atoms with Crippen LogP contribution in [-0.2, 0) is 4.79 Å². The van der Waals surface area contributed by atoms with Crippen molar-refractivity contribution < 1.29 is 9.59 Å². The Morgan fingerprint density at radius 1 is 1.41 bits per heavy atom. The van der Waals surface area contributed by atoms with Crippen LogP contribution in [0.25, 0.3) is 0 Å². The molecule has 0 aliphatic heterocycles. The van der Waals surface area contributed by atoms with Gasteiger partial charge in [-0.1, -0.05) is 0 Å². The Hall–Kier alpha value is -1.40. The summed E-state index contributed by atoms with van der Waals surface area (Å²) in [6, 6.07) is 1.60. The van der Waals surface area contributed by atoms with E-state index in [0.717, 1.165) is 0 Å². The summed E-state index contributed by atoms with van der Waals surface area (Å²) in [5.41, 5.74) is 5.40. The first-order chi connectivity index (χ1) is 7.79. The van der Waals surface area contributed by atoms with Gasteiger partial charge in [-0.15, -0.1) is 11.3 Å². The van der Waals surface area contributed by atoms with Crippen molar-refractivity contribution >= 4 is 28.2 Å². The topological polar surface area (TPSA) is 84.2 Å². The predicted molar refractivity (Wildman–Crippen MR) is 69.2 cm³/mol. The summed E-state index contributed by atoms with van der Waals surface area (Å²) in [4.78, 5) is 22.7. The van der Waals surface area contributed by atoms with Crippen molar-refractivity contribution in [3.8, 4) is 0 Å². The maximum atomic E-state index is 11.6. The molecule has 17 heavy (non-hydrogen) atoms. The van der Waals surface area contributed by atoms with Crippen LogP contribution in [0.2, 0.25) is 0 Å². The fourth-order valence-corrected chi connectivity index (χ4v) is 1.92. The van der Waals surface area contributed by atoms with E-state index in [1.54, 1.807) is 11.4 Å². The number of hydrogen-bond acceptors (Lipinski definition) is 4. The van der Waals surface area contributed by atoms with Crippen LogP contribution in [0.1, 0.15) is 31.1 Å². The van der Waals surface area contributed by atoms with Gasteiger partial charge in [0.1, 0.15) is 5.00 Å². The van der Waals surface area contributed by atoms with Crippen LogP contribution in [0.3, 0.4) is 0 Å². The highest BCUT2D eigenvalue weighted by Crippen LogP contribution is 2.22. The van der Waals surface area contributed by atoms with E-state index in [2.05, 4.69) is 10.6 Å². The molecule has 0 spiro atoms. The summed E-state index contributed by atoms with van der Waals surface area (Å²) in [5.74, 6) is -0.727. The number of nitrogens with two attached hydrogens (primary N) is 1. The van der Waals surface area contributed by atoms with Crippen LogP contribution in [0.15, 0.2) is 11.4 Å². The number of carbonyl (C=O) groups excluding carboxylic acids is 2. The van der Waals surface area contributed by atoms with E-state index in [9.17, 15) is 9.59 Å². The Labute approximate surface area is 104 Å². The second-order valence-electron chi connectivity index (χ2n) is 4.68. The second-order valence-corrected chi connectivity index (χ2v) is 5.60.